The number of benzene rings is 1. The molecule has 0 bridgehead atoms. The lowest BCUT2D eigenvalue weighted by molar-refractivity contribution is -0.137. The summed E-state index contributed by atoms with van der Waals surface area (Å²) in [6, 6.07) is 4.41. The Balaban J connectivity index is 1.82. The first-order chi connectivity index (χ1) is 14.0. The number of methoxy groups -OCH3 is 3. The molecule has 6 heteroatoms. The van der Waals surface area contributed by atoms with Gasteiger partial charge >= 0.3 is 5.97 Å². The van der Waals surface area contributed by atoms with E-state index in [1.807, 2.05) is 6.07 Å². The van der Waals surface area contributed by atoms with Crippen LogP contribution < -0.4 is 14.8 Å². The fraction of sp³-hybridized carbons (Fsp3) is 0.522. The van der Waals surface area contributed by atoms with Gasteiger partial charge in [0.25, 0.3) is 0 Å². The number of nitrogens with zero attached hydrogens (tertiary/aromatic N) is 1. The average Bonchev–Trinajstić information content (AvgIpc) is 3.31. The van der Waals surface area contributed by atoms with Crippen molar-refractivity contribution in [2.45, 2.75) is 37.6 Å². The van der Waals surface area contributed by atoms with Gasteiger partial charge in [0.05, 0.1) is 32.3 Å². The molecule has 3 heterocycles. The first kappa shape index (κ1) is 18.6. The van der Waals surface area contributed by atoms with Crippen molar-refractivity contribution in [2.75, 3.05) is 39.7 Å². The van der Waals surface area contributed by atoms with Crippen LogP contribution in [0.2, 0.25) is 0 Å². The van der Waals surface area contributed by atoms with Gasteiger partial charge in [-0.3, -0.25) is 4.90 Å². The van der Waals surface area contributed by atoms with Crippen molar-refractivity contribution in [2.24, 2.45) is 5.41 Å². The van der Waals surface area contributed by atoms with Crippen LogP contribution in [0.5, 0.6) is 11.5 Å². The van der Waals surface area contributed by atoms with Crippen molar-refractivity contribution in [3.63, 3.8) is 0 Å². The molecule has 1 aromatic rings. The Bertz CT molecular complexity index is 952. The van der Waals surface area contributed by atoms with Crippen LogP contribution in [-0.2, 0) is 14.9 Å². The summed E-state index contributed by atoms with van der Waals surface area (Å²) in [4.78, 5) is 15.5. The van der Waals surface area contributed by atoms with Gasteiger partial charge in [0.15, 0.2) is 11.5 Å². The summed E-state index contributed by atoms with van der Waals surface area (Å²) in [6.45, 7) is 4.19. The first-order valence-corrected chi connectivity index (χ1v) is 10.3. The molecule has 1 aromatic carbocycles. The van der Waals surface area contributed by atoms with E-state index < -0.39 is 0 Å². The van der Waals surface area contributed by atoms with E-state index in [4.69, 9.17) is 14.2 Å². The van der Waals surface area contributed by atoms with Crippen LogP contribution in [0, 0.1) is 5.41 Å². The van der Waals surface area contributed by atoms with Crippen LogP contribution in [0.15, 0.2) is 35.6 Å². The van der Waals surface area contributed by atoms with Crippen molar-refractivity contribution >= 4 is 11.7 Å². The molecule has 1 N–H and O–H groups in total. The number of ether oxygens (including phenoxy) is 3. The molecular weight excluding hydrogens is 368 g/mol. The second-order valence-corrected chi connectivity index (χ2v) is 8.51. The third kappa shape index (κ3) is 2.18. The van der Waals surface area contributed by atoms with Gasteiger partial charge in [-0.2, -0.15) is 0 Å². The summed E-state index contributed by atoms with van der Waals surface area (Å²) in [6.07, 6.45) is 7.27. The van der Waals surface area contributed by atoms with Crippen molar-refractivity contribution in [3.8, 4) is 11.5 Å². The van der Waals surface area contributed by atoms with Crippen molar-refractivity contribution in [1.29, 1.82) is 0 Å². The monoisotopic (exact) mass is 396 g/mol. The number of carbonyl (C=O) groups excluding carboxylic acids is 1. The molecule has 4 aliphatic rings. The maximum Gasteiger partial charge on any atom is 0.335 e. The second-order valence-electron chi connectivity index (χ2n) is 8.51. The molecular formula is C23H28N2O4. The van der Waals surface area contributed by atoms with Crippen LogP contribution in [0.1, 0.15) is 31.7 Å². The first-order valence-electron chi connectivity index (χ1n) is 10.3. The number of nitrogens with one attached hydrogen (secondary N) is 1. The van der Waals surface area contributed by atoms with Gasteiger partial charge in [-0.15, -0.1) is 0 Å². The molecule has 1 spiro atoms. The van der Waals surface area contributed by atoms with Crippen LogP contribution in [-0.4, -0.2) is 51.3 Å². The third-order valence-electron chi connectivity index (χ3n) is 7.57. The number of esters is 1. The smallest absolute Gasteiger partial charge is 0.335 e. The van der Waals surface area contributed by atoms with Gasteiger partial charge in [-0.05, 0) is 30.9 Å². The van der Waals surface area contributed by atoms with E-state index in [2.05, 4.69) is 35.4 Å². The molecule has 6 nitrogen and oxygen atoms in total. The zero-order chi connectivity index (χ0) is 20.4. The highest BCUT2D eigenvalue weighted by atomic mass is 16.5. The highest BCUT2D eigenvalue weighted by Crippen LogP contribution is 2.65. The van der Waals surface area contributed by atoms with Gasteiger partial charge in [0.1, 0.15) is 0 Å². The molecule has 1 fully saturated rings. The maximum atomic E-state index is 12.9. The van der Waals surface area contributed by atoms with Gasteiger partial charge in [-0.25, -0.2) is 4.79 Å². The molecule has 5 rings (SSSR count). The minimum atomic E-state index is -0.266. The standard InChI is InChI=1S/C23H28N2O4/c1-5-22-7-6-9-25-10-8-23(21(22)25)15-11-17(27-2)18(28-3)12-16(15)24-19(23)14(13-22)20(26)29-4/h6-7,11-12,21,24H,5,8-10,13H2,1-4H3/t21-,22-,23-/m0/s1. The van der Waals surface area contributed by atoms with Crippen molar-refractivity contribution < 1.29 is 19.0 Å². The Hall–Kier alpha value is -2.47. The van der Waals surface area contributed by atoms with Crippen LogP contribution in [0.4, 0.5) is 5.69 Å². The van der Waals surface area contributed by atoms with Crippen LogP contribution in [0.3, 0.4) is 0 Å². The molecule has 0 radical (unpaired) electrons. The quantitative estimate of drug-likeness (QED) is 0.623. The summed E-state index contributed by atoms with van der Waals surface area (Å²) < 4.78 is 16.4. The minimum absolute atomic E-state index is 0.0851. The number of carbonyl (C=O) groups is 1. The Kier molecular flexibility index (Phi) is 4.01. The molecule has 0 saturated carbocycles. The zero-order valence-corrected chi connectivity index (χ0v) is 17.5. The molecule has 3 aliphatic heterocycles. The molecule has 154 valence electrons. The molecule has 1 aliphatic carbocycles. The Morgan fingerprint density at radius 2 is 2.00 bits per heavy atom. The predicted octanol–water partition coefficient (Wildman–Crippen LogP) is 3.24. The average molecular weight is 396 g/mol. The van der Waals surface area contributed by atoms with E-state index in [1.165, 1.54) is 12.7 Å². The van der Waals surface area contributed by atoms with Gasteiger partial charge in [0.2, 0.25) is 0 Å². The summed E-state index contributed by atoms with van der Waals surface area (Å²) in [5.74, 6) is 1.18. The lowest BCUT2D eigenvalue weighted by Crippen LogP contribution is -2.58. The predicted molar refractivity (Wildman–Crippen MR) is 110 cm³/mol. The van der Waals surface area contributed by atoms with E-state index in [9.17, 15) is 4.79 Å². The van der Waals surface area contributed by atoms with E-state index >= 15 is 0 Å². The number of anilines is 1. The molecule has 0 aromatic heterocycles. The number of hydrogen-bond acceptors (Lipinski definition) is 6. The Morgan fingerprint density at radius 1 is 1.24 bits per heavy atom. The highest BCUT2D eigenvalue weighted by Gasteiger charge is 2.65. The number of fused-ring (bicyclic) bond motifs is 1. The van der Waals surface area contributed by atoms with E-state index in [0.29, 0.717) is 18.2 Å². The topological polar surface area (TPSA) is 60.0 Å². The molecule has 0 amide bonds. The van der Waals surface area contributed by atoms with E-state index in [0.717, 1.165) is 48.6 Å². The normalized spacial score (nSPS) is 31.7. The zero-order valence-electron chi connectivity index (χ0n) is 17.5. The van der Waals surface area contributed by atoms with E-state index in [-0.39, 0.29) is 16.8 Å². The van der Waals surface area contributed by atoms with Gasteiger partial charge in [0, 0.05) is 42.0 Å². The van der Waals surface area contributed by atoms with E-state index in [1.54, 1.807) is 14.2 Å². The number of hydrogen-bond donors (Lipinski definition) is 1. The summed E-state index contributed by atoms with van der Waals surface area (Å²) in [7, 11) is 4.79. The lowest BCUT2D eigenvalue weighted by atomic mass is 9.55. The highest BCUT2D eigenvalue weighted by molar-refractivity contribution is 5.93. The molecule has 29 heavy (non-hydrogen) atoms. The molecule has 0 unspecified atom stereocenters. The number of rotatable bonds is 4. The third-order valence-corrected chi connectivity index (χ3v) is 7.57. The Morgan fingerprint density at radius 3 is 2.69 bits per heavy atom. The van der Waals surface area contributed by atoms with Crippen LogP contribution in [0.25, 0.3) is 0 Å². The van der Waals surface area contributed by atoms with Crippen molar-refractivity contribution in [1.82, 2.24) is 4.90 Å². The molecule has 1 saturated heterocycles. The SMILES string of the molecule is CC[C@]12C=CCN3CC[C@]4(C(=C(C(=O)OC)C1)Nc1cc(OC)c(OC)cc14)[C@@H]32. The fourth-order valence-electron chi connectivity index (χ4n) is 6.39. The Labute approximate surface area is 171 Å². The largest absolute Gasteiger partial charge is 0.493 e. The second kappa shape index (κ2) is 6.26. The summed E-state index contributed by atoms with van der Waals surface area (Å²) >= 11 is 0. The minimum Gasteiger partial charge on any atom is -0.493 e. The maximum absolute atomic E-state index is 12.9. The van der Waals surface area contributed by atoms with Gasteiger partial charge < -0.3 is 19.5 Å². The summed E-state index contributed by atoms with van der Waals surface area (Å²) in [5, 5.41) is 3.61. The van der Waals surface area contributed by atoms with Gasteiger partial charge in [-0.1, -0.05) is 19.1 Å². The van der Waals surface area contributed by atoms with Crippen LogP contribution >= 0.6 is 0 Å². The lowest BCUT2D eigenvalue weighted by Gasteiger charge is -2.53. The van der Waals surface area contributed by atoms with Crippen molar-refractivity contribution in [3.05, 3.63) is 41.1 Å². The fourth-order valence-corrected chi connectivity index (χ4v) is 6.39. The summed E-state index contributed by atoms with van der Waals surface area (Å²) in [5.41, 5.74) is 3.64. The molecule has 3 atom stereocenters.